The summed E-state index contributed by atoms with van der Waals surface area (Å²) in [4.78, 5) is 25.4. The average molecular weight is 364 g/mol. The molecule has 1 amide bonds. The Hall–Kier alpha value is -1.98. The van der Waals surface area contributed by atoms with E-state index in [9.17, 15) is 9.59 Å². The Morgan fingerprint density at radius 1 is 1.17 bits per heavy atom. The molecular weight excluding hydrogens is 346 g/mol. The summed E-state index contributed by atoms with van der Waals surface area (Å²) in [7, 11) is 0. The minimum Gasteiger partial charge on any atom is -0.449 e. The van der Waals surface area contributed by atoms with E-state index in [1.54, 1.807) is 48.2 Å². The molecule has 0 bridgehead atoms. The zero-order valence-electron chi connectivity index (χ0n) is 13.4. The number of carbonyl (C=O) groups is 2. The maximum Gasteiger partial charge on any atom is 0.340 e. The lowest BCUT2D eigenvalue weighted by molar-refractivity contribution is -0.123. The highest BCUT2D eigenvalue weighted by Gasteiger charge is 2.21. The summed E-state index contributed by atoms with van der Waals surface area (Å²) < 4.78 is 5.29. The van der Waals surface area contributed by atoms with E-state index in [4.69, 9.17) is 16.3 Å². The van der Waals surface area contributed by atoms with Crippen LogP contribution in [0, 0.1) is 0 Å². The van der Waals surface area contributed by atoms with Crippen molar-refractivity contribution < 1.29 is 14.3 Å². The predicted octanol–water partition coefficient (Wildman–Crippen LogP) is 4.64. The third-order valence-electron chi connectivity index (χ3n) is 3.19. The molecule has 0 saturated carbocycles. The van der Waals surface area contributed by atoms with Crippen molar-refractivity contribution in [1.82, 2.24) is 0 Å². The van der Waals surface area contributed by atoms with Crippen molar-refractivity contribution in [2.45, 2.75) is 24.8 Å². The number of halogens is 1. The zero-order chi connectivity index (χ0) is 17.5. The zero-order valence-corrected chi connectivity index (χ0v) is 15.0. The number of nitrogens with one attached hydrogen (secondary N) is 1. The van der Waals surface area contributed by atoms with Crippen molar-refractivity contribution in [2.24, 2.45) is 0 Å². The summed E-state index contributed by atoms with van der Waals surface area (Å²) in [6.07, 6.45) is -0.937. The molecule has 0 radical (unpaired) electrons. The summed E-state index contributed by atoms with van der Waals surface area (Å²) in [5.74, 6) is -0.113. The summed E-state index contributed by atoms with van der Waals surface area (Å²) in [5, 5.41) is 3.08. The highest BCUT2D eigenvalue weighted by molar-refractivity contribution is 7.99. The van der Waals surface area contributed by atoms with Crippen LogP contribution < -0.4 is 5.32 Å². The van der Waals surface area contributed by atoms with Gasteiger partial charge in [-0.3, -0.25) is 4.79 Å². The molecule has 2 aromatic carbocycles. The van der Waals surface area contributed by atoms with Gasteiger partial charge in [-0.2, -0.15) is 0 Å². The van der Waals surface area contributed by atoms with Crippen LogP contribution in [-0.2, 0) is 9.53 Å². The van der Waals surface area contributed by atoms with Gasteiger partial charge < -0.3 is 10.1 Å². The molecule has 0 fully saturated rings. The molecule has 0 aliphatic carbocycles. The minimum absolute atomic E-state index is 0.425. The number of ether oxygens (including phenoxy) is 1. The molecule has 2 aromatic rings. The first-order valence-corrected chi connectivity index (χ1v) is 8.87. The lowest BCUT2D eigenvalue weighted by Crippen LogP contribution is -2.30. The normalized spacial score (nSPS) is 11.6. The summed E-state index contributed by atoms with van der Waals surface area (Å²) in [6.45, 7) is 3.53. The van der Waals surface area contributed by atoms with Crippen LogP contribution in [0.15, 0.2) is 53.4 Å². The molecule has 6 heteroatoms. The third kappa shape index (κ3) is 4.76. The summed E-state index contributed by atoms with van der Waals surface area (Å²) >= 11 is 7.56. The molecule has 1 N–H and O–H groups in total. The van der Waals surface area contributed by atoms with Crippen molar-refractivity contribution in [2.75, 3.05) is 11.1 Å². The van der Waals surface area contributed by atoms with Crippen molar-refractivity contribution in [3.8, 4) is 0 Å². The Morgan fingerprint density at radius 2 is 1.83 bits per heavy atom. The third-order valence-corrected chi connectivity index (χ3v) is 4.48. The largest absolute Gasteiger partial charge is 0.449 e. The van der Waals surface area contributed by atoms with Crippen molar-refractivity contribution in [3.05, 3.63) is 59.1 Å². The molecule has 0 spiro atoms. The highest BCUT2D eigenvalue weighted by Crippen LogP contribution is 2.24. The second kappa shape index (κ2) is 8.76. The van der Waals surface area contributed by atoms with Crippen LogP contribution in [0.1, 0.15) is 24.2 Å². The van der Waals surface area contributed by atoms with Crippen molar-refractivity contribution in [1.29, 1.82) is 0 Å². The maximum absolute atomic E-state index is 12.3. The summed E-state index contributed by atoms with van der Waals surface area (Å²) in [5.41, 5.74) is 0.941. The van der Waals surface area contributed by atoms with Gasteiger partial charge >= 0.3 is 5.97 Å². The number of para-hydroxylation sites is 1. The quantitative estimate of drug-likeness (QED) is 0.600. The molecule has 0 aliphatic heterocycles. The Bertz CT molecular complexity index is 736. The second-order valence-electron chi connectivity index (χ2n) is 4.95. The van der Waals surface area contributed by atoms with Gasteiger partial charge in [0.15, 0.2) is 6.10 Å². The first-order valence-electron chi connectivity index (χ1n) is 7.51. The minimum atomic E-state index is -0.937. The average Bonchev–Trinajstić information content (AvgIpc) is 2.57. The molecule has 0 heterocycles. The van der Waals surface area contributed by atoms with Crippen molar-refractivity contribution >= 4 is 40.9 Å². The van der Waals surface area contributed by atoms with Gasteiger partial charge in [0.1, 0.15) is 0 Å². The van der Waals surface area contributed by atoms with E-state index in [0.29, 0.717) is 16.3 Å². The maximum atomic E-state index is 12.3. The second-order valence-corrected chi connectivity index (χ2v) is 6.66. The number of esters is 1. The number of anilines is 1. The molecular formula is C18H18ClNO3S. The van der Waals surface area contributed by atoms with Crippen LogP contribution in [-0.4, -0.2) is 23.7 Å². The molecule has 0 aromatic heterocycles. The number of carbonyl (C=O) groups excluding carboxylic acids is 2. The number of hydrogen-bond acceptors (Lipinski definition) is 4. The number of amides is 1. The fourth-order valence-corrected chi connectivity index (χ4v) is 2.97. The van der Waals surface area contributed by atoms with Crippen LogP contribution in [0.2, 0.25) is 5.02 Å². The van der Waals surface area contributed by atoms with Crippen LogP contribution in [0.25, 0.3) is 0 Å². The molecule has 0 aliphatic rings. The predicted molar refractivity (Wildman–Crippen MR) is 97.8 cm³/mol. The van der Waals surface area contributed by atoms with Gasteiger partial charge in [-0.15, -0.1) is 11.8 Å². The van der Waals surface area contributed by atoms with Crippen LogP contribution in [0.4, 0.5) is 5.69 Å². The van der Waals surface area contributed by atoms with E-state index in [2.05, 4.69) is 5.32 Å². The fourth-order valence-electron chi connectivity index (χ4n) is 1.99. The van der Waals surface area contributed by atoms with Gasteiger partial charge in [-0.1, -0.05) is 42.8 Å². The van der Waals surface area contributed by atoms with Crippen molar-refractivity contribution in [3.63, 3.8) is 0 Å². The van der Waals surface area contributed by atoms with Crippen LogP contribution in [0.3, 0.4) is 0 Å². The van der Waals surface area contributed by atoms with E-state index >= 15 is 0 Å². The Morgan fingerprint density at radius 3 is 2.54 bits per heavy atom. The van der Waals surface area contributed by atoms with Gasteiger partial charge in [0.2, 0.25) is 0 Å². The Labute approximate surface area is 150 Å². The lowest BCUT2D eigenvalue weighted by Gasteiger charge is -2.15. The molecule has 2 rings (SSSR count). The highest BCUT2D eigenvalue weighted by atomic mass is 35.5. The van der Waals surface area contributed by atoms with E-state index in [1.807, 2.05) is 19.1 Å². The molecule has 0 saturated heterocycles. The molecule has 1 atom stereocenters. The van der Waals surface area contributed by atoms with Crippen LogP contribution >= 0.6 is 23.4 Å². The van der Waals surface area contributed by atoms with Gasteiger partial charge in [0.05, 0.1) is 16.3 Å². The number of benzene rings is 2. The Kier molecular flexibility index (Phi) is 6.70. The first-order chi connectivity index (χ1) is 11.5. The molecule has 0 unspecified atom stereocenters. The SMILES string of the molecule is CCSc1ccccc1C(=O)O[C@@H](C)C(=O)Nc1ccccc1Cl. The van der Waals surface area contributed by atoms with E-state index in [1.165, 1.54) is 6.92 Å². The monoisotopic (exact) mass is 363 g/mol. The number of rotatable bonds is 6. The first kappa shape index (κ1) is 18.4. The van der Waals surface area contributed by atoms with Gasteiger partial charge in [0.25, 0.3) is 5.91 Å². The molecule has 24 heavy (non-hydrogen) atoms. The smallest absolute Gasteiger partial charge is 0.340 e. The Balaban J connectivity index is 2.03. The standard InChI is InChI=1S/C18H18ClNO3S/c1-3-24-16-11-7-4-8-13(16)18(22)23-12(2)17(21)20-15-10-6-5-9-14(15)19/h4-12H,3H2,1-2H3,(H,20,21)/t12-/m0/s1. The van der Waals surface area contributed by atoms with E-state index < -0.39 is 18.0 Å². The van der Waals surface area contributed by atoms with Gasteiger partial charge in [0, 0.05) is 4.90 Å². The van der Waals surface area contributed by atoms with E-state index in [0.717, 1.165) is 10.6 Å². The topological polar surface area (TPSA) is 55.4 Å². The van der Waals surface area contributed by atoms with E-state index in [-0.39, 0.29) is 0 Å². The van der Waals surface area contributed by atoms with Gasteiger partial charge in [-0.25, -0.2) is 4.79 Å². The number of thioether (sulfide) groups is 1. The number of hydrogen-bond donors (Lipinski definition) is 1. The van der Waals surface area contributed by atoms with Gasteiger partial charge in [-0.05, 0) is 36.9 Å². The lowest BCUT2D eigenvalue weighted by atomic mass is 10.2. The van der Waals surface area contributed by atoms with Crippen LogP contribution in [0.5, 0.6) is 0 Å². The molecule has 4 nitrogen and oxygen atoms in total. The fraction of sp³-hybridized carbons (Fsp3) is 0.222. The summed E-state index contributed by atoms with van der Waals surface area (Å²) in [6, 6.07) is 14.1. The molecule has 126 valence electrons.